The standard InChI is InChI=1S/C29H25ClN2OS/c30-27-25-11-4-5-12-26(25)34-28(27)29(33)32(24-9-2-1-3-10-24)19-21-7-6-8-23(17-21)22-15-13-20(18-31)14-16-22/h4-8,11-17,24H,1-3,9-10,19H2. The minimum Gasteiger partial charge on any atom is -0.331 e. The van der Waals surface area contributed by atoms with Crippen LogP contribution in [0.15, 0.2) is 72.8 Å². The van der Waals surface area contributed by atoms with Crippen LogP contribution in [-0.4, -0.2) is 16.8 Å². The van der Waals surface area contributed by atoms with Crippen LogP contribution in [0, 0.1) is 11.3 Å². The average Bonchev–Trinajstić information content (AvgIpc) is 3.24. The van der Waals surface area contributed by atoms with Crippen molar-refractivity contribution in [2.24, 2.45) is 0 Å². The van der Waals surface area contributed by atoms with Crippen LogP contribution in [0.5, 0.6) is 0 Å². The molecule has 4 aromatic rings. The van der Waals surface area contributed by atoms with Crippen molar-refractivity contribution in [3.8, 4) is 17.2 Å². The highest BCUT2D eigenvalue weighted by Crippen LogP contribution is 2.37. The van der Waals surface area contributed by atoms with E-state index in [-0.39, 0.29) is 11.9 Å². The maximum Gasteiger partial charge on any atom is 0.266 e. The van der Waals surface area contributed by atoms with Gasteiger partial charge in [-0.1, -0.05) is 79.4 Å². The third-order valence-electron chi connectivity index (χ3n) is 6.63. The number of benzene rings is 3. The number of carbonyl (C=O) groups is 1. The summed E-state index contributed by atoms with van der Waals surface area (Å²) in [6, 6.07) is 26.3. The first-order valence-electron chi connectivity index (χ1n) is 11.7. The average molecular weight is 485 g/mol. The van der Waals surface area contributed by atoms with Crippen LogP contribution in [0.1, 0.15) is 52.9 Å². The van der Waals surface area contributed by atoms with Gasteiger partial charge in [0.2, 0.25) is 0 Å². The van der Waals surface area contributed by atoms with Gasteiger partial charge in [-0.3, -0.25) is 4.79 Å². The van der Waals surface area contributed by atoms with Crippen LogP contribution < -0.4 is 0 Å². The highest BCUT2D eigenvalue weighted by atomic mass is 35.5. The predicted octanol–water partition coefficient (Wildman–Crippen LogP) is 8.07. The van der Waals surface area contributed by atoms with E-state index < -0.39 is 0 Å². The van der Waals surface area contributed by atoms with E-state index in [4.69, 9.17) is 16.9 Å². The van der Waals surface area contributed by atoms with Gasteiger partial charge in [0.1, 0.15) is 4.88 Å². The maximum absolute atomic E-state index is 13.9. The van der Waals surface area contributed by atoms with Gasteiger partial charge in [-0.05, 0) is 53.8 Å². The second kappa shape index (κ2) is 10.0. The molecule has 1 amide bonds. The van der Waals surface area contributed by atoms with E-state index in [0.29, 0.717) is 22.0 Å². The third-order valence-corrected chi connectivity index (χ3v) is 8.30. The molecule has 0 saturated heterocycles. The fourth-order valence-electron chi connectivity index (χ4n) is 4.82. The molecule has 0 aliphatic heterocycles. The van der Waals surface area contributed by atoms with Crippen LogP contribution in [-0.2, 0) is 6.54 Å². The molecule has 34 heavy (non-hydrogen) atoms. The number of carbonyl (C=O) groups excluding carboxylic acids is 1. The molecule has 1 heterocycles. The predicted molar refractivity (Wildman–Crippen MR) is 140 cm³/mol. The largest absolute Gasteiger partial charge is 0.331 e. The van der Waals surface area contributed by atoms with Crippen molar-refractivity contribution >= 4 is 38.9 Å². The molecule has 5 heteroatoms. The topological polar surface area (TPSA) is 44.1 Å². The first kappa shape index (κ1) is 22.7. The fourth-order valence-corrected chi connectivity index (χ4v) is 6.29. The summed E-state index contributed by atoms with van der Waals surface area (Å²) in [6.45, 7) is 0.554. The van der Waals surface area contributed by atoms with E-state index in [2.05, 4.69) is 24.3 Å². The monoisotopic (exact) mass is 484 g/mol. The molecule has 1 aliphatic rings. The van der Waals surface area contributed by atoms with Crippen LogP contribution in [0.4, 0.5) is 0 Å². The second-order valence-corrected chi connectivity index (χ2v) is 10.3. The summed E-state index contributed by atoms with van der Waals surface area (Å²) in [5, 5.41) is 10.6. The van der Waals surface area contributed by atoms with E-state index in [1.165, 1.54) is 17.8 Å². The van der Waals surface area contributed by atoms with Crippen molar-refractivity contribution in [1.82, 2.24) is 4.90 Å². The number of rotatable bonds is 5. The first-order valence-corrected chi connectivity index (χ1v) is 12.9. The van der Waals surface area contributed by atoms with Crippen molar-refractivity contribution in [3.05, 3.63) is 93.8 Å². The van der Waals surface area contributed by atoms with Crippen LogP contribution in [0.3, 0.4) is 0 Å². The smallest absolute Gasteiger partial charge is 0.266 e. The summed E-state index contributed by atoms with van der Waals surface area (Å²) in [5.74, 6) is 0.0295. The Morgan fingerprint density at radius 2 is 1.74 bits per heavy atom. The highest BCUT2D eigenvalue weighted by Gasteiger charge is 2.29. The molecule has 0 atom stereocenters. The first-order chi connectivity index (χ1) is 16.6. The Bertz CT molecular complexity index is 1360. The third kappa shape index (κ3) is 4.59. The number of hydrogen-bond donors (Lipinski definition) is 0. The molecule has 1 aliphatic carbocycles. The number of thiophene rings is 1. The van der Waals surface area contributed by atoms with Crippen molar-refractivity contribution in [1.29, 1.82) is 5.26 Å². The fraction of sp³-hybridized carbons (Fsp3) is 0.241. The van der Waals surface area contributed by atoms with Gasteiger partial charge in [-0.2, -0.15) is 5.26 Å². The summed E-state index contributed by atoms with van der Waals surface area (Å²) in [4.78, 5) is 16.6. The summed E-state index contributed by atoms with van der Waals surface area (Å²) in [5.41, 5.74) is 3.88. The molecular formula is C29H25ClN2OS. The van der Waals surface area contributed by atoms with E-state index >= 15 is 0 Å². The van der Waals surface area contributed by atoms with Gasteiger partial charge in [-0.15, -0.1) is 11.3 Å². The summed E-state index contributed by atoms with van der Waals surface area (Å²) < 4.78 is 1.04. The quantitative estimate of drug-likeness (QED) is 0.287. The molecule has 170 valence electrons. The maximum atomic E-state index is 13.9. The zero-order valence-corrected chi connectivity index (χ0v) is 20.4. The van der Waals surface area contributed by atoms with Gasteiger partial charge in [0.15, 0.2) is 0 Å². The lowest BCUT2D eigenvalue weighted by atomic mass is 9.93. The van der Waals surface area contributed by atoms with E-state index in [9.17, 15) is 4.79 Å². The van der Waals surface area contributed by atoms with E-state index in [1.54, 1.807) is 0 Å². The number of nitrogens with zero attached hydrogens (tertiary/aromatic N) is 2. The zero-order valence-electron chi connectivity index (χ0n) is 18.8. The van der Waals surface area contributed by atoms with Crippen molar-refractivity contribution < 1.29 is 4.79 Å². The highest BCUT2D eigenvalue weighted by molar-refractivity contribution is 7.21. The number of fused-ring (bicyclic) bond motifs is 1. The summed E-state index contributed by atoms with van der Waals surface area (Å²) in [7, 11) is 0. The van der Waals surface area contributed by atoms with Gasteiger partial charge in [0.25, 0.3) is 5.91 Å². The second-order valence-electron chi connectivity index (χ2n) is 8.86. The summed E-state index contributed by atoms with van der Waals surface area (Å²) in [6.07, 6.45) is 5.60. The number of hydrogen-bond acceptors (Lipinski definition) is 3. The lowest BCUT2D eigenvalue weighted by molar-refractivity contribution is 0.0619. The molecule has 3 nitrogen and oxygen atoms in total. The molecule has 1 aromatic heterocycles. The SMILES string of the molecule is N#Cc1ccc(-c2cccc(CN(C(=O)c3sc4ccccc4c3Cl)C3CCCCC3)c2)cc1. The Morgan fingerprint density at radius 3 is 2.47 bits per heavy atom. The van der Waals surface area contributed by atoms with Crippen molar-refractivity contribution in [2.45, 2.75) is 44.7 Å². The zero-order chi connectivity index (χ0) is 23.5. The lowest BCUT2D eigenvalue weighted by Gasteiger charge is -2.34. The van der Waals surface area contributed by atoms with E-state index in [0.717, 1.165) is 52.5 Å². The van der Waals surface area contributed by atoms with Gasteiger partial charge in [-0.25, -0.2) is 0 Å². The van der Waals surface area contributed by atoms with E-state index in [1.807, 2.05) is 59.5 Å². The number of nitriles is 1. The Labute approximate surface area is 209 Å². The Morgan fingerprint density at radius 1 is 0.971 bits per heavy atom. The Kier molecular flexibility index (Phi) is 6.67. The molecule has 3 aromatic carbocycles. The molecule has 1 saturated carbocycles. The van der Waals surface area contributed by atoms with Gasteiger partial charge < -0.3 is 4.90 Å². The Hall–Kier alpha value is -3.13. The number of amides is 1. The van der Waals surface area contributed by atoms with Crippen LogP contribution in [0.2, 0.25) is 5.02 Å². The normalized spacial score (nSPS) is 14.1. The molecule has 0 radical (unpaired) electrons. The molecule has 0 unspecified atom stereocenters. The minimum absolute atomic E-state index is 0.0295. The minimum atomic E-state index is 0.0295. The van der Waals surface area contributed by atoms with Crippen molar-refractivity contribution in [3.63, 3.8) is 0 Å². The molecule has 1 fully saturated rings. The number of halogens is 1. The molecule has 0 spiro atoms. The van der Waals surface area contributed by atoms with Crippen LogP contribution in [0.25, 0.3) is 21.2 Å². The molecule has 0 N–H and O–H groups in total. The molecule has 0 bridgehead atoms. The van der Waals surface area contributed by atoms with Crippen molar-refractivity contribution in [2.75, 3.05) is 0 Å². The summed E-state index contributed by atoms with van der Waals surface area (Å²) >= 11 is 8.20. The molecule has 5 rings (SSSR count). The molecular weight excluding hydrogens is 460 g/mol. The van der Waals surface area contributed by atoms with Gasteiger partial charge in [0.05, 0.1) is 16.7 Å². The van der Waals surface area contributed by atoms with Gasteiger partial charge >= 0.3 is 0 Å². The van der Waals surface area contributed by atoms with Crippen LogP contribution >= 0.6 is 22.9 Å². The Balaban J connectivity index is 1.47. The lowest BCUT2D eigenvalue weighted by Crippen LogP contribution is -2.40. The van der Waals surface area contributed by atoms with Gasteiger partial charge in [0, 0.05) is 22.7 Å².